The fraction of sp³-hybridized carbons (Fsp3) is 0.357. The summed E-state index contributed by atoms with van der Waals surface area (Å²) in [6, 6.07) is 7.61. The van der Waals surface area contributed by atoms with Crippen molar-refractivity contribution in [3.8, 4) is 0 Å². The molecule has 0 spiro atoms. The molecule has 0 unspecified atom stereocenters. The maximum absolute atomic E-state index is 6.00. The van der Waals surface area contributed by atoms with Crippen molar-refractivity contribution in [1.29, 1.82) is 0 Å². The summed E-state index contributed by atoms with van der Waals surface area (Å²) in [5, 5.41) is 8.89. The van der Waals surface area contributed by atoms with Crippen molar-refractivity contribution in [3.05, 3.63) is 51.8 Å². The number of hydrogen-bond acceptors (Lipinski definition) is 3. The van der Waals surface area contributed by atoms with Crippen LogP contribution in [0.1, 0.15) is 11.3 Å². The summed E-state index contributed by atoms with van der Waals surface area (Å²) in [4.78, 5) is 0. The number of hydrogen-bond donors (Lipinski definition) is 1. The largest absolute Gasteiger partial charge is 0.383 e. The lowest BCUT2D eigenvalue weighted by Crippen LogP contribution is -2.19. The first-order valence-corrected chi connectivity index (χ1v) is 7.10. The molecule has 0 radical (unpaired) electrons. The molecular formula is C14H17Cl2N3O. The fourth-order valence-corrected chi connectivity index (χ4v) is 2.12. The van der Waals surface area contributed by atoms with Gasteiger partial charge in [-0.15, -0.1) is 0 Å². The summed E-state index contributed by atoms with van der Waals surface area (Å²) < 4.78 is 6.86. The van der Waals surface area contributed by atoms with Crippen molar-refractivity contribution in [2.24, 2.45) is 0 Å². The molecule has 1 N–H and O–H groups in total. The van der Waals surface area contributed by atoms with Crippen LogP contribution in [0.4, 0.5) is 0 Å². The number of ether oxygens (including phenoxy) is 1. The smallest absolute Gasteiger partial charge is 0.0762 e. The molecular weight excluding hydrogens is 297 g/mol. The topological polar surface area (TPSA) is 39.1 Å². The molecule has 4 nitrogen and oxygen atoms in total. The number of nitrogens with zero attached hydrogens (tertiary/aromatic N) is 2. The second kappa shape index (κ2) is 7.64. The SMILES string of the molecule is COCCNCc1ccn(Cc2ccc(Cl)c(Cl)c2)n1. The van der Waals surface area contributed by atoms with E-state index in [2.05, 4.69) is 10.4 Å². The third-order valence-corrected chi connectivity index (χ3v) is 3.55. The lowest BCUT2D eigenvalue weighted by atomic mass is 10.2. The van der Waals surface area contributed by atoms with Crippen LogP contribution in [0.2, 0.25) is 10.0 Å². The average Bonchev–Trinajstić information content (AvgIpc) is 2.87. The summed E-state index contributed by atoms with van der Waals surface area (Å²) in [5.74, 6) is 0. The van der Waals surface area contributed by atoms with Gasteiger partial charge in [0.2, 0.25) is 0 Å². The highest BCUT2D eigenvalue weighted by Crippen LogP contribution is 2.22. The van der Waals surface area contributed by atoms with E-state index >= 15 is 0 Å². The van der Waals surface area contributed by atoms with Crippen molar-refractivity contribution >= 4 is 23.2 Å². The normalized spacial score (nSPS) is 10.9. The Hall–Kier alpha value is -1.07. The Morgan fingerprint density at radius 3 is 2.85 bits per heavy atom. The molecule has 0 amide bonds. The number of nitrogens with one attached hydrogen (secondary N) is 1. The van der Waals surface area contributed by atoms with Crippen LogP contribution in [0, 0.1) is 0 Å². The van der Waals surface area contributed by atoms with E-state index in [0.717, 1.165) is 24.3 Å². The number of halogens is 2. The van der Waals surface area contributed by atoms with Gasteiger partial charge in [0.1, 0.15) is 0 Å². The van der Waals surface area contributed by atoms with Crippen molar-refractivity contribution < 1.29 is 4.74 Å². The van der Waals surface area contributed by atoms with Crippen LogP contribution in [0.5, 0.6) is 0 Å². The summed E-state index contributed by atoms with van der Waals surface area (Å²) >= 11 is 11.9. The Kier molecular flexibility index (Phi) is 5.86. The van der Waals surface area contributed by atoms with Crippen LogP contribution in [-0.4, -0.2) is 30.0 Å². The van der Waals surface area contributed by atoms with Gasteiger partial charge in [-0.3, -0.25) is 4.68 Å². The van der Waals surface area contributed by atoms with Crippen LogP contribution in [-0.2, 0) is 17.8 Å². The van der Waals surface area contributed by atoms with Crippen LogP contribution in [0.25, 0.3) is 0 Å². The summed E-state index contributed by atoms with van der Waals surface area (Å²) in [6.07, 6.45) is 1.95. The zero-order valence-electron chi connectivity index (χ0n) is 11.3. The fourth-order valence-electron chi connectivity index (χ4n) is 1.80. The lowest BCUT2D eigenvalue weighted by molar-refractivity contribution is 0.199. The highest BCUT2D eigenvalue weighted by atomic mass is 35.5. The van der Waals surface area contributed by atoms with Gasteiger partial charge in [-0.25, -0.2) is 0 Å². The zero-order valence-corrected chi connectivity index (χ0v) is 12.8. The maximum atomic E-state index is 6.00. The molecule has 0 atom stereocenters. The van der Waals surface area contributed by atoms with Gasteiger partial charge in [0.25, 0.3) is 0 Å². The monoisotopic (exact) mass is 313 g/mol. The first-order chi connectivity index (χ1) is 9.69. The van der Waals surface area contributed by atoms with Crippen molar-refractivity contribution in [2.45, 2.75) is 13.1 Å². The number of aromatic nitrogens is 2. The number of methoxy groups -OCH3 is 1. The maximum Gasteiger partial charge on any atom is 0.0762 e. The minimum absolute atomic E-state index is 0.567. The lowest BCUT2D eigenvalue weighted by Gasteiger charge is -2.04. The van der Waals surface area contributed by atoms with Crippen LogP contribution in [0.15, 0.2) is 30.5 Å². The van der Waals surface area contributed by atoms with E-state index in [1.807, 2.05) is 29.1 Å². The highest BCUT2D eigenvalue weighted by Gasteiger charge is 2.02. The zero-order chi connectivity index (χ0) is 14.4. The first-order valence-electron chi connectivity index (χ1n) is 6.35. The Labute approximate surface area is 128 Å². The van der Waals surface area contributed by atoms with Gasteiger partial charge in [0, 0.05) is 26.4 Å². The van der Waals surface area contributed by atoms with Crippen molar-refractivity contribution in [3.63, 3.8) is 0 Å². The molecule has 6 heteroatoms. The van der Waals surface area contributed by atoms with Crippen LogP contribution >= 0.6 is 23.2 Å². The van der Waals surface area contributed by atoms with Gasteiger partial charge < -0.3 is 10.1 Å². The van der Waals surface area contributed by atoms with Crippen LogP contribution in [0.3, 0.4) is 0 Å². The number of rotatable bonds is 7. The molecule has 1 aromatic carbocycles. The predicted octanol–water partition coefficient (Wildman–Crippen LogP) is 2.97. The molecule has 20 heavy (non-hydrogen) atoms. The number of benzene rings is 1. The molecule has 1 aromatic heterocycles. The third kappa shape index (κ3) is 4.49. The molecule has 0 bridgehead atoms. The van der Waals surface area contributed by atoms with E-state index in [9.17, 15) is 0 Å². The van der Waals surface area contributed by atoms with E-state index in [0.29, 0.717) is 23.2 Å². The molecule has 1 heterocycles. The molecule has 0 aliphatic heterocycles. The molecule has 0 fully saturated rings. The third-order valence-electron chi connectivity index (χ3n) is 2.81. The predicted molar refractivity (Wildman–Crippen MR) is 81.4 cm³/mol. The van der Waals surface area contributed by atoms with Crippen molar-refractivity contribution in [1.82, 2.24) is 15.1 Å². The standard InChI is InChI=1S/C14H17Cl2N3O/c1-20-7-5-17-9-12-4-6-19(18-12)10-11-2-3-13(15)14(16)8-11/h2-4,6,8,17H,5,7,9-10H2,1H3. The molecule has 0 aliphatic carbocycles. The Morgan fingerprint density at radius 2 is 2.10 bits per heavy atom. The summed E-state index contributed by atoms with van der Waals surface area (Å²) in [6.45, 7) is 2.92. The minimum Gasteiger partial charge on any atom is -0.383 e. The van der Waals surface area contributed by atoms with Gasteiger partial charge in [-0.1, -0.05) is 29.3 Å². The van der Waals surface area contributed by atoms with Crippen molar-refractivity contribution in [2.75, 3.05) is 20.3 Å². The molecule has 108 valence electrons. The molecule has 2 aromatic rings. The van der Waals surface area contributed by atoms with E-state index in [1.165, 1.54) is 0 Å². The van der Waals surface area contributed by atoms with E-state index in [4.69, 9.17) is 27.9 Å². The van der Waals surface area contributed by atoms with Gasteiger partial charge in [0.05, 0.1) is 28.9 Å². The highest BCUT2D eigenvalue weighted by molar-refractivity contribution is 6.42. The Bertz CT molecular complexity index is 557. The Balaban J connectivity index is 1.90. The summed E-state index contributed by atoms with van der Waals surface area (Å²) in [5.41, 5.74) is 2.07. The second-order valence-corrected chi connectivity index (χ2v) is 5.24. The van der Waals surface area contributed by atoms with E-state index in [1.54, 1.807) is 13.2 Å². The molecule has 0 saturated heterocycles. The first kappa shape index (κ1) is 15.3. The van der Waals surface area contributed by atoms with Gasteiger partial charge in [-0.2, -0.15) is 5.10 Å². The molecule has 0 saturated carbocycles. The molecule has 2 rings (SSSR count). The molecule has 0 aliphatic rings. The minimum atomic E-state index is 0.567. The van der Waals surface area contributed by atoms with Gasteiger partial charge >= 0.3 is 0 Å². The van der Waals surface area contributed by atoms with Gasteiger partial charge in [0.15, 0.2) is 0 Å². The Morgan fingerprint density at radius 1 is 1.25 bits per heavy atom. The van der Waals surface area contributed by atoms with Gasteiger partial charge in [-0.05, 0) is 23.8 Å². The van der Waals surface area contributed by atoms with E-state index in [-0.39, 0.29) is 0 Å². The second-order valence-electron chi connectivity index (χ2n) is 4.42. The average molecular weight is 314 g/mol. The quantitative estimate of drug-likeness (QED) is 0.799. The van der Waals surface area contributed by atoms with E-state index < -0.39 is 0 Å². The van der Waals surface area contributed by atoms with Crippen LogP contribution < -0.4 is 5.32 Å². The summed E-state index contributed by atoms with van der Waals surface area (Å²) in [7, 11) is 1.69.